The number of nitrogens with two attached hydrogens (primary N) is 1. The van der Waals surface area contributed by atoms with Crippen LogP contribution in [0, 0.1) is 5.41 Å². The third kappa shape index (κ3) is 3.95. The minimum Gasteiger partial charge on any atom is -0.342 e. The Balaban J connectivity index is 1.96. The number of halogens is 1. The van der Waals surface area contributed by atoms with Gasteiger partial charge in [-0.25, -0.2) is 0 Å². The number of aromatic nitrogens is 1. The Labute approximate surface area is 133 Å². The molecule has 1 aromatic rings. The average molecular weight is 356 g/mol. The second kappa shape index (κ2) is 6.32. The molecule has 0 bridgehead atoms. The van der Waals surface area contributed by atoms with Gasteiger partial charge in [0.1, 0.15) is 0 Å². The van der Waals surface area contributed by atoms with Gasteiger partial charge >= 0.3 is 0 Å². The Morgan fingerprint density at radius 3 is 2.86 bits per heavy atom. The van der Waals surface area contributed by atoms with Crippen molar-refractivity contribution in [2.75, 3.05) is 13.1 Å². The summed E-state index contributed by atoms with van der Waals surface area (Å²) in [5.74, 6) is 0.0850. The maximum absolute atomic E-state index is 12.3. The van der Waals surface area contributed by atoms with Crippen molar-refractivity contribution < 1.29 is 4.79 Å². The number of piperidine rings is 1. The van der Waals surface area contributed by atoms with Crippen LogP contribution in [0.25, 0.3) is 0 Å². The summed E-state index contributed by atoms with van der Waals surface area (Å²) in [5.41, 5.74) is 5.94. The van der Waals surface area contributed by atoms with Gasteiger partial charge in [-0.1, -0.05) is 13.8 Å². The fraction of sp³-hybridized carbons (Fsp3) is 0.600. The first-order valence-corrected chi connectivity index (χ1v) is 7.98. The van der Waals surface area contributed by atoms with E-state index >= 15 is 0 Å². The van der Waals surface area contributed by atoms with Crippen molar-refractivity contribution in [1.29, 1.82) is 0 Å². The van der Waals surface area contributed by atoms with Crippen molar-refractivity contribution >= 4 is 21.8 Å². The molecule has 6 heteroatoms. The van der Waals surface area contributed by atoms with Gasteiger partial charge in [0, 0.05) is 48.8 Å². The van der Waals surface area contributed by atoms with Gasteiger partial charge in [-0.3, -0.25) is 9.59 Å². The minimum atomic E-state index is -0.0907. The number of carbonyl (C=O) groups excluding carboxylic acids is 1. The van der Waals surface area contributed by atoms with Crippen LogP contribution in [-0.4, -0.2) is 34.5 Å². The number of nitrogens with zero attached hydrogens (tertiary/aromatic N) is 2. The lowest BCUT2D eigenvalue weighted by molar-refractivity contribution is -0.134. The molecule has 0 aliphatic carbocycles. The average Bonchev–Trinajstić information content (AvgIpc) is 2.42. The molecule has 2 rings (SSSR count). The molecule has 1 aliphatic heterocycles. The van der Waals surface area contributed by atoms with E-state index in [9.17, 15) is 9.59 Å². The van der Waals surface area contributed by atoms with Crippen LogP contribution in [0.5, 0.6) is 0 Å². The van der Waals surface area contributed by atoms with Gasteiger partial charge in [0.2, 0.25) is 5.91 Å². The number of hydrogen-bond acceptors (Lipinski definition) is 3. The Morgan fingerprint density at radius 2 is 2.19 bits per heavy atom. The van der Waals surface area contributed by atoms with Crippen LogP contribution in [0.2, 0.25) is 0 Å². The Bertz CT molecular complexity index is 583. The number of likely N-dealkylation sites (tertiary alicyclic amines) is 1. The Kier molecular flexibility index (Phi) is 4.88. The molecule has 1 aromatic heterocycles. The fourth-order valence-corrected chi connectivity index (χ4v) is 3.02. The van der Waals surface area contributed by atoms with Crippen LogP contribution in [0.15, 0.2) is 27.6 Å². The van der Waals surface area contributed by atoms with E-state index in [0.717, 1.165) is 10.9 Å². The molecule has 1 atom stereocenters. The van der Waals surface area contributed by atoms with Gasteiger partial charge in [0.05, 0.1) is 0 Å². The molecule has 116 valence electrons. The first kappa shape index (κ1) is 16.2. The molecule has 21 heavy (non-hydrogen) atoms. The molecule has 0 radical (unpaired) electrons. The van der Waals surface area contributed by atoms with E-state index < -0.39 is 0 Å². The highest BCUT2D eigenvalue weighted by Gasteiger charge is 2.35. The second-order valence-electron chi connectivity index (χ2n) is 6.33. The predicted molar refractivity (Wildman–Crippen MR) is 86.0 cm³/mol. The van der Waals surface area contributed by atoms with E-state index in [1.807, 2.05) is 4.90 Å². The normalized spacial score (nSPS) is 21.3. The van der Waals surface area contributed by atoms with Crippen molar-refractivity contribution in [2.24, 2.45) is 11.1 Å². The van der Waals surface area contributed by atoms with Crippen LogP contribution >= 0.6 is 15.9 Å². The molecule has 1 amide bonds. The maximum atomic E-state index is 12.3. The highest BCUT2D eigenvalue weighted by Crippen LogP contribution is 2.27. The summed E-state index contributed by atoms with van der Waals surface area (Å²) >= 11 is 3.33. The zero-order valence-electron chi connectivity index (χ0n) is 12.5. The van der Waals surface area contributed by atoms with E-state index in [2.05, 4.69) is 29.8 Å². The SMILES string of the molecule is CC1(C)CN(C(=O)CCn2cc(Br)ccc2=O)CCC1N. The molecule has 1 fully saturated rings. The van der Waals surface area contributed by atoms with E-state index in [0.29, 0.717) is 26.1 Å². The van der Waals surface area contributed by atoms with E-state index in [-0.39, 0.29) is 22.9 Å². The smallest absolute Gasteiger partial charge is 0.250 e. The molecule has 0 aromatic carbocycles. The van der Waals surface area contributed by atoms with Gasteiger partial charge < -0.3 is 15.2 Å². The number of pyridine rings is 1. The summed E-state index contributed by atoms with van der Waals surface area (Å²) in [5, 5.41) is 0. The third-order valence-corrected chi connectivity index (χ3v) is 4.65. The van der Waals surface area contributed by atoms with Crippen LogP contribution in [0.3, 0.4) is 0 Å². The monoisotopic (exact) mass is 355 g/mol. The molecule has 5 nitrogen and oxygen atoms in total. The van der Waals surface area contributed by atoms with Crippen molar-refractivity contribution in [3.8, 4) is 0 Å². The fourth-order valence-electron chi connectivity index (χ4n) is 2.64. The summed E-state index contributed by atoms with van der Waals surface area (Å²) in [6.07, 6.45) is 2.88. The summed E-state index contributed by atoms with van der Waals surface area (Å²) in [6.45, 7) is 5.98. The molecule has 2 N–H and O–H groups in total. The molecule has 2 heterocycles. The predicted octanol–water partition coefficient (Wildman–Crippen LogP) is 1.59. The largest absolute Gasteiger partial charge is 0.342 e. The first-order valence-electron chi connectivity index (χ1n) is 7.19. The van der Waals surface area contributed by atoms with Gasteiger partial charge in [-0.15, -0.1) is 0 Å². The van der Waals surface area contributed by atoms with Gasteiger partial charge in [-0.2, -0.15) is 0 Å². The maximum Gasteiger partial charge on any atom is 0.250 e. The number of carbonyl (C=O) groups is 1. The van der Waals surface area contributed by atoms with Crippen LogP contribution in [0.4, 0.5) is 0 Å². The van der Waals surface area contributed by atoms with Gasteiger partial charge in [0.25, 0.3) is 5.56 Å². The molecule has 0 spiro atoms. The lowest BCUT2D eigenvalue weighted by atomic mass is 9.79. The zero-order chi connectivity index (χ0) is 15.6. The Hall–Kier alpha value is -1.14. The summed E-state index contributed by atoms with van der Waals surface area (Å²) in [7, 11) is 0. The zero-order valence-corrected chi connectivity index (χ0v) is 14.1. The second-order valence-corrected chi connectivity index (χ2v) is 7.24. The lowest BCUT2D eigenvalue weighted by Gasteiger charge is -2.42. The quantitative estimate of drug-likeness (QED) is 0.894. The summed E-state index contributed by atoms with van der Waals surface area (Å²) < 4.78 is 2.39. The van der Waals surface area contributed by atoms with E-state index in [4.69, 9.17) is 5.73 Å². The molecule has 1 unspecified atom stereocenters. The molecular weight excluding hydrogens is 334 g/mol. The topological polar surface area (TPSA) is 68.3 Å². The number of amides is 1. The van der Waals surface area contributed by atoms with Crippen LogP contribution in [0.1, 0.15) is 26.7 Å². The van der Waals surface area contributed by atoms with Crippen molar-refractivity contribution in [3.05, 3.63) is 33.2 Å². The minimum absolute atomic E-state index is 0.0550. The highest BCUT2D eigenvalue weighted by atomic mass is 79.9. The van der Waals surface area contributed by atoms with Crippen molar-refractivity contribution in [2.45, 2.75) is 39.3 Å². The lowest BCUT2D eigenvalue weighted by Crippen LogP contribution is -2.54. The van der Waals surface area contributed by atoms with Crippen molar-refractivity contribution in [3.63, 3.8) is 0 Å². The van der Waals surface area contributed by atoms with Crippen molar-refractivity contribution in [1.82, 2.24) is 9.47 Å². The summed E-state index contributed by atoms with van der Waals surface area (Å²) in [4.78, 5) is 25.9. The van der Waals surface area contributed by atoms with E-state index in [1.54, 1.807) is 16.8 Å². The van der Waals surface area contributed by atoms with Gasteiger partial charge in [0.15, 0.2) is 0 Å². The molecule has 1 saturated heterocycles. The molecular formula is C15H22BrN3O2. The third-order valence-electron chi connectivity index (χ3n) is 4.18. The van der Waals surface area contributed by atoms with E-state index in [1.165, 1.54) is 6.07 Å². The number of rotatable bonds is 3. The summed E-state index contributed by atoms with van der Waals surface area (Å²) in [6, 6.07) is 3.33. The Morgan fingerprint density at radius 1 is 1.48 bits per heavy atom. The van der Waals surface area contributed by atoms with Crippen LogP contribution < -0.4 is 11.3 Å². The standard InChI is InChI=1S/C15H22BrN3O2/c1-15(2)10-19(7-5-12(15)17)14(21)6-8-18-9-11(16)3-4-13(18)20/h3-4,9,12H,5-8,10,17H2,1-2H3. The molecule has 0 saturated carbocycles. The van der Waals surface area contributed by atoms with Gasteiger partial charge in [-0.05, 0) is 33.8 Å². The number of aryl methyl sites for hydroxylation is 1. The highest BCUT2D eigenvalue weighted by molar-refractivity contribution is 9.10. The molecule has 1 aliphatic rings. The first-order chi connectivity index (χ1) is 9.79. The number of hydrogen-bond donors (Lipinski definition) is 1. The van der Waals surface area contributed by atoms with Crippen LogP contribution in [-0.2, 0) is 11.3 Å².